The first kappa shape index (κ1) is 31.4. The van der Waals surface area contributed by atoms with Crippen LogP contribution in [0.25, 0.3) is 0 Å². The van der Waals surface area contributed by atoms with Gasteiger partial charge in [0.05, 0.1) is 12.1 Å². The van der Waals surface area contributed by atoms with Crippen LogP contribution < -0.4 is 16.0 Å². The summed E-state index contributed by atoms with van der Waals surface area (Å²) in [6, 6.07) is 16.3. The molecule has 0 aliphatic rings. The van der Waals surface area contributed by atoms with Gasteiger partial charge in [-0.25, -0.2) is 8.78 Å². The molecule has 216 valence electrons. The Morgan fingerprint density at radius 2 is 1.65 bits per heavy atom. The molecule has 0 unspecified atom stereocenters. The Balaban J connectivity index is 1.70. The normalized spacial score (nSPS) is 12.8. The summed E-state index contributed by atoms with van der Waals surface area (Å²) >= 11 is 0. The van der Waals surface area contributed by atoms with Gasteiger partial charge in [0.2, 0.25) is 0 Å². The lowest BCUT2D eigenvalue weighted by molar-refractivity contribution is 0.0829. The van der Waals surface area contributed by atoms with Crippen LogP contribution in [-0.2, 0) is 30.7 Å². The highest BCUT2D eigenvalue weighted by Crippen LogP contribution is 2.15. The van der Waals surface area contributed by atoms with Gasteiger partial charge in [0.1, 0.15) is 11.6 Å². The summed E-state index contributed by atoms with van der Waals surface area (Å²) in [5, 5.41) is 20.6. The van der Waals surface area contributed by atoms with E-state index in [4.69, 9.17) is 4.74 Å². The molecule has 1 amide bonds. The largest absolute Gasteiger partial charge is 0.390 e. The lowest BCUT2D eigenvalue weighted by atomic mass is 9.99. The number of carbonyl (C=O) groups is 1. The number of aryl methyl sites for hydroxylation is 2. The third-order valence-electron chi connectivity index (χ3n) is 6.67. The van der Waals surface area contributed by atoms with Gasteiger partial charge in [-0.1, -0.05) is 42.8 Å². The first-order valence-electron chi connectivity index (χ1n) is 13.8. The van der Waals surface area contributed by atoms with Crippen LogP contribution in [0.5, 0.6) is 0 Å². The van der Waals surface area contributed by atoms with E-state index in [0.29, 0.717) is 30.8 Å². The zero-order valence-corrected chi connectivity index (χ0v) is 23.6. The summed E-state index contributed by atoms with van der Waals surface area (Å²) < 4.78 is 32.9. The van der Waals surface area contributed by atoms with E-state index < -0.39 is 23.8 Å². The van der Waals surface area contributed by atoms with Crippen LogP contribution in [0.3, 0.4) is 0 Å². The maximum atomic E-state index is 13.9. The van der Waals surface area contributed by atoms with E-state index in [-0.39, 0.29) is 18.9 Å². The molecule has 0 spiro atoms. The summed E-state index contributed by atoms with van der Waals surface area (Å²) in [7, 11) is 1.67. The number of methoxy groups -OCH3 is 1. The van der Waals surface area contributed by atoms with E-state index in [1.54, 1.807) is 13.2 Å². The summed E-state index contributed by atoms with van der Waals surface area (Å²) in [5.74, 6) is -1.77. The molecule has 0 aliphatic heterocycles. The highest BCUT2D eigenvalue weighted by Gasteiger charge is 2.23. The average Bonchev–Trinajstić information content (AvgIpc) is 2.91. The molecule has 3 rings (SSSR count). The van der Waals surface area contributed by atoms with Crippen molar-refractivity contribution in [1.29, 1.82) is 0 Å². The van der Waals surface area contributed by atoms with Gasteiger partial charge in [-0.15, -0.1) is 0 Å². The number of halogens is 2. The number of amides is 1. The first-order valence-corrected chi connectivity index (χ1v) is 13.8. The minimum absolute atomic E-state index is 0.0638. The maximum absolute atomic E-state index is 13.9. The molecule has 3 aromatic rings. The van der Waals surface area contributed by atoms with E-state index in [1.165, 1.54) is 17.7 Å². The number of benzene rings is 3. The molecule has 0 aliphatic carbocycles. The summed E-state index contributed by atoms with van der Waals surface area (Å²) in [6.45, 7) is 6.80. The van der Waals surface area contributed by atoms with E-state index >= 15 is 0 Å². The molecule has 0 saturated heterocycles. The molecule has 0 saturated carbocycles. The third-order valence-corrected chi connectivity index (χ3v) is 6.67. The molecule has 4 N–H and O–H groups in total. The van der Waals surface area contributed by atoms with Gasteiger partial charge in [0.25, 0.3) is 5.91 Å². The Hall–Kier alpha value is -3.17. The molecular weight excluding hydrogens is 512 g/mol. The molecule has 2 atom stereocenters. The van der Waals surface area contributed by atoms with Crippen molar-refractivity contribution in [2.75, 3.05) is 26.8 Å². The van der Waals surface area contributed by atoms with Crippen LogP contribution in [0.15, 0.2) is 60.7 Å². The Labute approximate surface area is 236 Å². The monoisotopic (exact) mass is 553 g/mol. The number of carbonyl (C=O) groups excluding carboxylic acids is 1. The minimum atomic E-state index is -1.00. The third kappa shape index (κ3) is 10.4. The quantitative estimate of drug-likeness (QED) is 0.197. The van der Waals surface area contributed by atoms with Crippen molar-refractivity contribution in [2.45, 2.75) is 58.3 Å². The van der Waals surface area contributed by atoms with Gasteiger partial charge in [-0.05, 0) is 79.3 Å². The molecule has 6 nitrogen and oxygen atoms in total. The number of ether oxygens (including phenoxy) is 1. The molecular formula is C32H41F2N3O3. The van der Waals surface area contributed by atoms with Crippen LogP contribution in [0.1, 0.15) is 51.5 Å². The van der Waals surface area contributed by atoms with Gasteiger partial charge < -0.3 is 25.8 Å². The van der Waals surface area contributed by atoms with Crippen molar-refractivity contribution in [3.63, 3.8) is 0 Å². The summed E-state index contributed by atoms with van der Waals surface area (Å²) in [4.78, 5) is 13.3. The van der Waals surface area contributed by atoms with Gasteiger partial charge in [-0.3, -0.25) is 4.79 Å². The highest BCUT2D eigenvalue weighted by atomic mass is 19.1. The van der Waals surface area contributed by atoms with Crippen LogP contribution in [-0.4, -0.2) is 50.0 Å². The van der Waals surface area contributed by atoms with E-state index in [1.807, 2.05) is 31.2 Å². The molecule has 0 heterocycles. The fraction of sp³-hybridized carbons (Fsp3) is 0.406. The standard InChI is InChI=1S/C32H41F2N3O3/c1-4-23-7-5-8-24(13-23)19-36-21-31(38)30(17-25-15-28(33)18-29(34)16-25)37-32(39)27-12-22(2)11-26(14-27)20-35-9-6-10-40-3/h5,7-8,11-16,18,30-31,35-36,38H,4,6,9-10,17,19-21H2,1-3H3,(H,37,39)/t30-,31+/m0/s1. The van der Waals surface area contributed by atoms with Crippen LogP contribution >= 0.6 is 0 Å². The van der Waals surface area contributed by atoms with Crippen molar-refractivity contribution in [3.8, 4) is 0 Å². The number of aliphatic hydroxyl groups is 1. The lowest BCUT2D eigenvalue weighted by Gasteiger charge is -2.25. The zero-order chi connectivity index (χ0) is 28.9. The summed E-state index contributed by atoms with van der Waals surface area (Å²) in [5.41, 5.74) is 5.01. The van der Waals surface area contributed by atoms with Gasteiger partial charge in [0.15, 0.2) is 0 Å². The highest BCUT2D eigenvalue weighted by molar-refractivity contribution is 5.94. The number of hydrogen-bond donors (Lipinski definition) is 4. The number of hydrogen-bond acceptors (Lipinski definition) is 5. The first-order chi connectivity index (χ1) is 19.3. The molecule has 3 aromatic carbocycles. The second kappa shape index (κ2) is 16.2. The molecule has 0 bridgehead atoms. The van der Waals surface area contributed by atoms with E-state index in [0.717, 1.165) is 42.1 Å². The lowest BCUT2D eigenvalue weighted by Crippen LogP contribution is -2.48. The Bertz CT molecular complexity index is 1220. The molecule has 8 heteroatoms. The predicted molar refractivity (Wildman–Crippen MR) is 154 cm³/mol. The van der Waals surface area contributed by atoms with Gasteiger partial charge >= 0.3 is 0 Å². The van der Waals surface area contributed by atoms with Crippen LogP contribution in [0.2, 0.25) is 0 Å². The smallest absolute Gasteiger partial charge is 0.251 e. The maximum Gasteiger partial charge on any atom is 0.251 e. The average molecular weight is 554 g/mol. The molecule has 0 fully saturated rings. The van der Waals surface area contributed by atoms with Crippen LogP contribution in [0, 0.1) is 18.6 Å². The zero-order valence-electron chi connectivity index (χ0n) is 23.6. The fourth-order valence-corrected chi connectivity index (χ4v) is 4.65. The van der Waals surface area contributed by atoms with Gasteiger partial charge in [-0.2, -0.15) is 0 Å². The Kier molecular flexibility index (Phi) is 12.7. The number of aliphatic hydroxyl groups excluding tert-OH is 1. The SMILES string of the molecule is CCc1cccc(CNC[C@@H](O)[C@H](Cc2cc(F)cc(F)c2)NC(=O)c2cc(C)cc(CNCCCOC)c2)c1. The number of rotatable bonds is 16. The Morgan fingerprint density at radius 1 is 0.925 bits per heavy atom. The van der Waals surface area contributed by atoms with Crippen molar-refractivity contribution < 1.29 is 23.4 Å². The second-order valence-corrected chi connectivity index (χ2v) is 10.2. The van der Waals surface area contributed by atoms with E-state index in [2.05, 4.69) is 35.0 Å². The molecule has 40 heavy (non-hydrogen) atoms. The second-order valence-electron chi connectivity index (χ2n) is 10.2. The molecule has 0 aromatic heterocycles. The van der Waals surface area contributed by atoms with Crippen molar-refractivity contribution >= 4 is 5.91 Å². The van der Waals surface area contributed by atoms with Crippen molar-refractivity contribution in [3.05, 3.63) is 106 Å². The Morgan fingerprint density at radius 3 is 2.38 bits per heavy atom. The minimum Gasteiger partial charge on any atom is -0.390 e. The van der Waals surface area contributed by atoms with Crippen LogP contribution in [0.4, 0.5) is 8.78 Å². The summed E-state index contributed by atoms with van der Waals surface area (Å²) in [6.07, 6.45) is 0.873. The van der Waals surface area contributed by atoms with Gasteiger partial charge in [0, 0.05) is 45.0 Å². The van der Waals surface area contributed by atoms with Crippen molar-refractivity contribution in [2.24, 2.45) is 0 Å². The topological polar surface area (TPSA) is 82.6 Å². The fourth-order valence-electron chi connectivity index (χ4n) is 4.65. The molecule has 0 radical (unpaired) electrons. The number of nitrogens with one attached hydrogen (secondary N) is 3. The predicted octanol–water partition coefficient (Wildman–Crippen LogP) is 4.45. The van der Waals surface area contributed by atoms with E-state index in [9.17, 15) is 18.7 Å². The van der Waals surface area contributed by atoms with Crippen molar-refractivity contribution in [1.82, 2.24) is 16.0 Å².